The molecule has 0 bridgehead atoms. The zero-order valence-electron chi connectivity index (χ0n) is 33.3. The summed E-state index contributed by atoms with van der Waals surface area (Å²) in [6, 6.07) is 0. The Balaban J connectivity index is 1.20. The van der Waals surface area contributed by atoms with E-state index in [-0.39, 0.29) is 34.5 Å². The minimum atomic E-state index is -1.75. The molecule has 2 saturated heterocycles. The van der Waals surface area contributed by atoms with Crippen molar-refractivity contribution in [1.82, 2.24) is 0 Å². The van der Waals surface area contributed by atoms with Crippen LogP contribution in [0.5, 0.6) is 0 Å². The molecule has 9 N–H and O–H groups in total. The predicted molar refractivity (Wildman–Crippen MR) is 196 cm³/mol. The molecular weight excluding hydrogens is 700 g/mol. The van der Waals surface area contributed by atoms with Crippen LogP contribution in [0.3, 0.4) is 0 Å². The summed E-state index contributed by atoms with van der Waals surface area (Å²) in [6.45, 7) is 14.0. The molecule has 4 saturated carbocycles. The van der Waals surface area contributed by atoms with Crippen LogP contribution in [0.1, 0.15) is 106 Å². The maximum absolute atomic E-state index is 12.1. The minimum absolute atomic E-state index is 0.0404. The third kappa shape index (κ3) is 7.28. The number of hydrogen-bond donors (Lipinski definition) is 9. The van der Waals surface area contributed by atoms with Gasteiger partial charge in [-0.15, -0.1) is 0 Å². The first kappa shape index (κ1) is 42.8. The molecule has 2 aliphatic heterocycles. The van der Waals surface area contributed by atoms with Crippen LogP contribution in [-0.2, 0) is 18.9 Å². The first-order valence-corrected chi connectivity index (χ1v) is 20.5. The first-order chi connectivity index (χ1) is 25.2. The number of aliphatic hydroxyl groups excluding tert-OH is 8. The molecule has 2 heterocycles. The van der Waals surface area contributed by atoms with Crippen molar-refractivity contribution in [3.05, 3.63) is 11.6 Å². The molecule has 0 aromatic heterocycles. The second-order valence-corrected chi connectivity index (χ2v) is 19.5. The molecule has 13 nitrogen and oxygen atoms in total. The van der Waals surface area contributed by atoms with Crippen LogP contribution < -0.4 is 0 Å². The Labute approximate surface area is 320 Å². The van der Waals surface area contributed by atoms with E-state index in [1.165, 1.54) is 5.57 Å². The lowest BCUT2D eigenvalue weighted by Gasteiger charge is -2.66. The van der Waals surface area contributed by atoms with Gasteiger partial charge in [-0.25, -0.2) is 0 Å². The van der Waals surface area contributed by atoms with Gasteiger partial charge >= 0.3 is 0 Å². The molecule has 4 aliphatic carbocycles. The van der Waals surface area contributed by atoms with Crippen LogP contribution in [0.15, 0.2) is 11.6 Å². The lowest BCUT2D eigenvalue weighted by molar-refractivity contribution is -0.378. The third-order valence-electron chi connectivity index (χ3n) is 15.8. The average molecular weight is 771 g/mol. The van der Waals surface area contributed by atoms with E-state index in [4.69, 9.17) is 18.9 Å². The largest absolute Gasteiger partial charge is 0.394 e. The van der Waals surface area contributed by atoms with Crippen LogP contribution in [0.25, 0.3) is 0 Å². The molecule has 0 aromatic rings. The van der Waals surface area contributed by atoms with Gasteiger partial charge in [0.15, 0.2) is 12.6 Å². The highest BCUT2D eigenvalue weighted by molar-refractivity contribution is 5.16. The second-order valence-electron chi connectivity index (χ2n) is 19.5. The Bertz CT molecular complexity index is 1320. The third-order valence-corrected chi connectivity index (χ3v) is 15.8. The molecule has 20 atom stereocenters. The maximum Gasteiger partial charge on any atom is 0.187 e. The molecule has 0 spiro atoms. The Morgan fingerprint density at radius 1 is 0.741 bits per heavy atom. The first-order valence-electron chi connectivity index (χ1n) is 20.5. The molecule has 0 radical (unpaired) electrons. The molecule has 0 amide bonds. The topological polar surface area (TPSA) is 219 Å². The van der Waals surface area contributed by atoms with Crippen LogP contribution in [-0.4, -0.2) is 138 Å². The van der Waals surface area contributed by atoms with E-state index in [0.29, 0.717) is 25.2 Å². The normalized spacial score (nSPS) is 51.4. The number of aliphatic hydroxyl groups is 9. The summed E-state index contributed by atoms with van der Waals surface area (Å²) in [5.74, 6) is 0.989. The molecule has 6 fully saturated rings. The summed E-state index contributed by atoms with van der Waals surface area (Å²) in [5, 5.41) is 97.0. The van der Waals surface area contributed by atoms with E-state index >= 15 is 0 Å². The smallest absolute Gasteiger partial charge is 0.187 e. The zero-order chi connectivity index (χ0) is 39.7. The molecule has 0 aromatic carbocycles. The molecule has 6 aliphatic rings. The van der Waals surface area contributed by atoms with Crippen molar-refractivity contribution in [2.24, 2.45) is 45.8 Å². The van der Waals surface area contributed by atoms with Gasteiger partial charge in [-0.3, -0.25) is 0 Å². The fourth-order valence-corrected chi connectivity index (χ4v) is 12.8. The standard InChI is InChI=1S/C41H70O13/c1-20(2)9-8-14-41(7,50)22-12-15-40(6)21-10-11-27-38(3,4)28(13-16-39(27,5)23(21)17-24(44)29(22)40)53-37-35(33(48)31(46)26(19-43)52-37)54-36-34(49)32(47)30(45)25(18-42)51-36/h9,21-37,42-50H,8,10-19H2,1-7H3/t21-,22+,23+,24-,25-,26+,27+,28+,29+,30+,31-,32-,33-,34-,35+,36+,37-,39-,40+,41?/m1/s1. The van der Waals surface area contributed by atoms with Gasteiger partial charge in [0.25, 0.3) is 0 Å². The summed E-state index contributed by atoms with van der Waals surface area (Å²) in [6.07, 6.45) is -6.25. The second kappa shape index (κ2) is 15.8. The summed E-state index contributed by atoms with van der Waals surface area (Å²) in [7, 11) is 0. The summed E-state index contributed by atoms with van der Waals surface area (Å²) in [5.41, 5.74) is -0.214. The molecule has 54 heavy (non-hydrogen) atoms. The lowest BCUT2D eigenvalue weighted by atomic mass is 9.39. The van der Waals surface area contributed by atoms with E-state index in [2.05, 4.69) is 47.6 Å². The average Bonchev–Trinajstić information content (AvgIpc) is 3.49. The number of fused-ring (bicyclic) bond motifs is 5. The fourth-order valence-electron chi connectivity index (χ4n) is 12.8. The number of allylic oxidation sites excluding steroid dienone is 2. The molecule has 1 unspecified atom stereocenters. The van der Waals surface area contributed by atoms with E-state index in [0.717, 1.165) is 38.5 Å². The Morgan fingerprint density at radius 2 is 1.35 bits per heavy atom. The molecular formula is C41H70O13. The van der Waals surface area contributed by atoms with Gasteiger partial charge in [0, 0.05) is 0 Å². The summed E-state index contributed by atoms with van der Waals surface area (Å²) >= 11 is 0. The SMILES string of the molecule is CC(C)=CCCC(C)(O)[C@H]1CC[C@]2(C)[C@@H]1[C@H](O)C[C@H]1[C@H]2CC[C@H]2C(C)(C)[C@@H](O[C@H]3O[C@@H](CO)[C@@H](O)[C@@H](O)[C@@H]3O[C@@H]3O[C@H](CO)[C@H](O)[C@@H](O)[C@H]3O)CC[C@]12C. The molecule has 6 rings (SSSR count). The Hall–Kier alpha value is -0.780. The monoisotopic (exact) mass is 770 g/mol. The highest BCUT2D eigenvalue weighted by atomic mass is 16.8. The van der Waals surface area contributed by atoms with Gasteiger partial charge in [-0.05, 0) is 124 Å². The number of hydrogen-bond acceptors (Lipinski definition) is 13. The minimum Gasteiger partial charge on any atom is -0.394 e. The van der Waals surface area contributed by atoms with Gasteiger partial charge in [0.1, 0.15) is 48.8 Å². The maximum atomic E-state index is 12.1. The van der Waals surface area contributed by atoms with E-state index in [9.17, 15) is 46.0 Å². The predicted octanol–water partition coefficient (Wildman–Crippen LogP) is 1.76. The Kier molecular flexibility index (Phi) is 12.5. The van der Waals surface area contributed by atoms with Crippen molar-refractivity contribution in [3.63, 3.8) is 0 Å². The van der Waals surface area contributed by atoms with E-state index in [1.54, 1.807) is 0 Å². The van der Waals surface area contributed by atoms with Crippen LogP contribution >= 0.6 is 0 Å². The van der Waals surface area contributed by atoms with Crippen molar-refractivity contribution in [3.8, 4) is 0 Å². The zero-order valence-corrected chi connectivity index (χ0v) is 33.3. The van der Waals surface area contributed by atoms with Gasteiger partial charge in [-0.2, -0.15) is 0 Å². The van der Waals surface area contributed by atoms with Crippen molar-refractivity contribution in [2.75, 3.05) is 13.2 Å². The van der Waals surface area contributed by atoms with E-state index < -0.39 is 97.8 Å². The quantitative estimate of drug-likeness (QED) is 0.114. The highest BCUT2D eigenvalue weighted by Gasteiger charge is 2.67. The number of ether oxygens (including phenoxy) is 4. The van der Waals surface area contributed by atoms with Crippen molar-refractivity contribution < 1.29 is 64.9 Å². The van der Waals surface area contributed by atoms with Gasteiger partial charge in [0.05, 0.1) is 31.0 Å². The summed E-state index contributed by atoms with van der Waals surface area (Å²) in [4.78, 5) is 0. The molecule has 13 heteroatoms. The Morgan fingerprint density at radius 3 is 1.98 bits per heavy atom. The van der Waals surface area contributed by atoms with Crippen LogP contribution in [0.4, 0.5) is 0 Å². The van der Waals surface area contributed by atoms with Gasteiger partial charge in [0.2, 0.25) is 0 Å². The van der Waals surface area contributed by atoms with Crippen LogP contribution in [0, 0.1) is 45.8 Å². The lowest BCUT2D eigenvalue weighted by Crippen LogP contribution is -2.66. The van der Waals surface area contributed by atoms with Crippen molar-refractivity contribution in [1.29, 1.82) is 0 Å². The van der Waals surface area contributed by atoms with Crippen molar-refractivity contribution in [2.45, 2.75) is 185 Å². The van der Waals surface area contributed by atoms with E-state index in [1.807, 2.05) is 6.92 Å². The van der Waals surface area contributed by atoms with Gasteiger partial charge in [-0.1, -0.05) is 39.3 Å². The highest BCUT2D eigenvalue weighted by Crippen LogP contribution is 2.71. The van der Waals surface area contributed by atoms with Crippen molar-refractivity contribution >= 4 is 0 Å². The summed E-state index contributed by atoms with van der Waals surface area (Å²) < 4.78 is 24.3. The fraction of sp³-hybridized carbons (Fsp3) is 0.951. The number of rotatable bonds is 10. The van der Waals surface area contributed by atoms with Gasteiger partial charge < -0.3 is 64.9 Å². The van der Waals surface area contributed by atoms with Crippen LogP contribution in [0.2, 0.25) is 0 Å². The molecule has 312 valence electrons.